The molecule has 0 spiro atoms. The van der Waals surface area contributed by atoms with E-state index in [9.17, 15) is 0 Å². The fourth-order valence-electron chi connectivity index (χ4n) is 4.70. The van der Waals surface area contributed by atoms with Crippen molar-refractivity contribution in [1.82, 2.24) is 0 Å². The number of fused-ring (bicyclic) bond motifs is 2. The molecule has 19 heavy (non-hydrogen) atoms. The molecule has 0 aromatic rings. The maximum absolute atomic E-state index is 6.36. The molecule has 1 fully saturated rings. The van der Waals surface area contributed by atoms with Crippen LogP contribution in [0.1, 0.15) is 66.7 Å². The van der Waals surface area contributed by atoms with Crippen LogP contribution in [0.25, 0.3) is 0 Å². The standard InChI is InChI=1S/C18H32O/c1-6-8-9-10-16-17-13(3)11-14(4)18(7-2,12-19-16)15(17)5/h11,13,15-17H,6-10,12H2,1-5H3/t13-,15-,16-,17-,18-/m0/s1. The summed E-state index contributed by atoms with van der Waals surface area (Å²) in [5, 5.41) is 0. The van der Waals surface area contributed by atoms with Gasteiger partial charge in [-0.25, -0.2) is 0 Å². The molecular formula is C18H32O. The van der Waals surface area contributed by atoms with Crippen molar-refractivity contribution in [1.29, 1.82) is 0 Å². The minimum atomic E-state index is 0.332. The highest BCUT2D eigenvalue weighted by Crippen LogP contribution is 2.54. The molecule has 0 aromatic heterocycles. The Morgan fingerprint density at radius 3 is 2.63 bits per heavy atom. The third kappa shape index (κ3) is 2.51. The fraction of sp³-hybridized carbons (Fsp3) is 0.889. The average molecular weight is 264 g/mol. The van der Waals surface area contributed by atoms with Gasteiger partial charge >= 0.3 is 0 Å². The Balaban J connectivity index is 2.16. The van der Waals surface area contributed by atoms with Crippen LogP contribution in [0.15, 0.2) is 11.6 Å². The lowest BCUT2D eigenvalue weighted by molar-refractivity contribution is -0.142. The summed E-state index contributed by atoms with van der Waals surface area (Å²) in [7, 11) is 0. The predicted octanol–water partition coefficient (Wildman–Crippen LogP) is 5.21. The molecule has 0 amide bonds. The van der Waals surface area contributed by atoms with Crippen molar-refractivity contribution >= 4 is 0 Å². The lowest BCUT2D eigenvalue weighted by atomic mass is 9.55. The van der Waals surface area contributed by atoms with Crippen LogP contribution in [0.2, 0.25) is 0 Å². The average Bonchev–Trinajstić information content (AvgIpc) is 2.38. The van der Waals surface area contributed by atoms with Crippen LogP contribution in [-0.2, 0) is 4.74 Å². The van der Waals surface area contributed by atoms with Gasteiger partial charge in [-0.1, -0.05) is 58.6 Å². The molecule has 110 valence electrons. The highest BCUT2D eigenvalue weighted by molar-refractivity contribution is 5.22. The normalized spacial score (nSPS) is 42.1. The maximum Gasteiger partial charge on any atom is 0.0612 e. The summed E-state index contributed by atoms with van der Waals surface area (Å²) in [5.41, 5.74) is 1.91. The van der Waals surface area contributed by atoms with E-state index in [0.717, 1.165) is 18.4 Å². The van der Waals surface area contributed by atoms with Gasteiger partial charge in [-0.15, -0.1) is 0 Å². The van der Waals surface area contributed by atoms with Gasteiger partial charge in [0, 0.05) is 5.41 Å². The van der Waals surface area contributed by atoms with E-state index < -0.39 is 0 Å². The van der Waals surface area contributed by atoms with Gasteiger partial charge in [0.05, 0.1) is 12.7 Å². The second kappa shape index (κ2) is 5.99. The van der Waals surface area contributed by atoms with Crippen LogP contribution in [0, 0.1) is 23.2 Å². The van der Waals surface area contributed by atoms with Crippen molar-refractivity contribution in [2.24, 2.45) is 23.2 Å². The summed E-state index contributed by atoms with van der Waals surface area (Å²) < 4.78 is 6.36. The van der Waals surface area contributed by atoms with Crippen molar-refractivity contribution in [2.45, 2.75) is 72.8 Å². The van der Waals surface area contributed by atoms with Crippen molar-refractivity contribution in [3.63, 3.8) is 0 Å². The number of hydrogen-bond donors (Lipinski definition) is 0. The Labute approximate surface area is 119 Å². The first-order chi connectivity index (χ1) is 9.06. The monoisotopic (exact) mass is 264 g/mol. The van der Waals surface area contributed by atoms with E-state index in [1.54, 1.807) is 5.57 Å². The molecule has 1 aliphatic carbocycles. The van der Waals surface area contributed by atoms with Gasteiger partial charge in [-0.2, -0.15) is 0 Å². The number of rotatable bonds is 5. The topological polar surface area (TPSA) is 9.23 Å². The molecular weight excluding hydrogens is 232 g/mol. The van der Waals surface area contributed by atoms with Crippen LogP contribution in [-0.4, -0.2) is 12.7 Å². The third-order valence-electron chi connectivity index (χ3n) is 6.06. The van der Waals surface area contributed by atoms with E-state index in [1.807, 2.05) is 0 Å². The lowest BCUT2D eigenvalue weighted by Gasteiger charge is -2.55. The van der Waals surface area contributed by atoms with Gasteiger partial charge in [-0.05, 0) is 37.5 Å². The van der Waals surface area contributed by atoms with E-state index in [2.05, 4.69) is 40.7 Å². The number of ether oxygens (including phenoxy) is 1. The summed E-state index contributed by atoms with van der Waals surface area (Å²) in [4.78, 5) is 0. The first-order valence-electron chi connectivity index (χ1n) is 8.37. The van der Waals surface area contributed by atoms with Gasteiger partial charge in [0.25, 0.3) is 0 Å². The second-order valence-electron chi connectivity index (χ2n) is 6.93. The Hall–Kier alpha value is -0.300. The summed E-state index contributed by atoms with van der Waals surface area (Å²) in [6.07, 6.45) is 9.52. The number of allylic oxidation sites excluding steroid dienone is 1. The van der Waals surface area contributed by atoms with Gasteiger partial charge in [0.2, 0.25) is 0 Å². The highest BCUT2D eigenvalue weighted by Gasteiger charge is 2.51. The third-order valence-corrected chi connectivity index (χ3v) is 6.06. The smallest absolute Gasteiger partial charge is 0.0612 e. The summed E-state index contributed by atoms with van der Waals surface area (Å²) in [6, 6.07) is 0. The highest BCUT2D eigenvalue weighted by atomic mass is 16.5. The van der Waals surface area contributed by atoms with Crippen LogP contribution in [0.5, 0.6) is 0 Å². The van der Waals surface area contributed by atoms with Crippen molar-refractivity contribution in [3.05, 3.63) is 11.6 Å². The molecule has 0 saturated carbocycles. The van der Waals surface area contributed by atoms with Crippen LogP contribution >= 0.6 is 0 Å². The molecule has 0 aromatic carbocycles. The van der Waals surface area contributed by atoms with Gasteiger partial charge in [-0.3, -0.25) is 0 Å². The Morgan fingerprint density at radius 2 is 2.00 bits per heavy atom. The van der Waals surface area contributed by atoms with E-state index in [0.29, 0.717) is 17.4 Å². The molecule has 1 heteroatoms. The largest absolute Gasteiger partial charge is 0.377 e. The van der Waals surface area contributed by atoms with Gasteiger partial charge in [0.1, 0.15) is 0 Å². The lowest BCUT2D eigenvalue weighted by Crippen LogP contribution is -2.53. The van der Waals surface area contributed by atoms with Crippen LogP contribution in [0.3, 0.4) is 0 Å². The molecule has 1 aliphatic heterocycles. The zero-order chi connectivity index (χ0) is 14.0. The van der Waals surface area contributed by atoms with E-state index in [1.165, 1.54) is 32.1 Å². The van der Waals surface area contributed by atoms with Crippen LogP contribution in [0.4, 0.5) is 0 Å². The second-order valence-corrected chi connectivity index (χ2v) is 6.93. The Bertz CT molecular complexity index is 333. The fourth-order valence-corrected chi connectivity index (χ4v) is 4.70. The molecule has 0 unspecified atom stereocenters. The molecule has 5 atom stereocenters. The summed E-state index contributed by atoms with van der Waals surface area (Å²) >= 11 is 0. The van der Waals surface area contributed by atoms with E-state index in [4.69, 9.17) is 4.74 Å². The molecule has 1 saturated heterocycles. The molecule has 2 rings (SSSR count). The molecule has 2 bridgehead atoms. The number of hydrogen-bond acceptors (Lipinski definition) is 1. The Kier molecular flexibility index (Phi) is 4.76. The van der Waals surface area contributed by atoms with E-state index >= 15 is 0 Å². The summed E-state index contributed by atoms with van der Waals surface area (Å²) in [6.45, 7) is 12.8. The van der Waals surface area contributed by atoms with Crippen molar-refractivity contribution < 1.29 is 4.74 Å². The quantitative estimate of drug-likeness (QED) is 0.489. The summed E-state index contributed by atoms with van der Waals surface area (Å²) in [5.74, 6) is 2.19. The van der Waals surface area contributed by atoms with Crippen LogP contribution < -0.4 is 0 Å². The zero-order valence-electron chi connectivity index (χ0n) is 13.5. The molecule has 1 nitrogen and oxygen atoms in total. The Morgan fingerprint density at radius 1 is 1.26 bits per heavy atom. The van der Waals surface area contributed by atoms with Crippen molar-refractivity contribution in [3.8, 4) is 0 Å². The first-order valence-corrected chi connectivity index (χ1v) is 8.37. The first kappa shape index (κ1) is 15.1. The van der Waals surface area contributed by atoms with Gasteiger partial charge in [0.15, 0.2) is 0 Å². The molecule has 0 radical (unpaired) electrons. The predicted molar refractivity (Wildman–Crippen MR) is 82.2 cm³/mol. The van der Waals surface area contributed by atoms with Crippen molar-refractivity contribution in [2.75, 3.05) is 6.61 Å². The minimum Gasteiger partial charge on any atom is -0.377 e. The number of unbranched alkanes of at least 4 members (excludes halogenated alkanes) is 2. The molecule has 2 aliphatic rings. The SMILES string of the molecule is CCCCC[C@@H]1OC[C@@]2(CC)C(C)=C[C@H](C)[C@H]1[C@@H]2C. The zero-order valence-corrected chi connectivity index (χ0v) is 13.5. The van der Waals surface area contributed by atoms with E-state index in [-0.39, 0.29) is 0 Å². The molecule has 1 heterocycles. The van der Waals surface area contributed by atoms with Gasteiger partial charge < -0.3 is 4.74 Å². The minimum absolute atomic E-state index is 0.332. The molecule has 0 N–H and O–H groups in total. The maximum atomic E-state index is 6.36.